The zero-order valence-corrected chi connectivity index (χ0v) is 14.4. The van der Waals surface area contributed by atoms with E-state index in [0.717, 1.165) is 5.69 Å². The maximum atomic E-state index is 12.4. The molecule has 0 fully saturated rings. The van der Waals surface area contributed by atoms with Gasteiger partial charge in [-0.25, -0.2) is 8.42 Å². The predicted octanol–water partition coefficient (Wildman–Crippen LogP) is 0.280. The summed E-state index contributed by atoms with van der Waals surface area (Å²) in [6, 6.07) is 5.42. The molecule has 0 spiro atoms. The molecular formula is C15H21N5O3S. The second-order valence-corrected chi connectivity index (χ2v) is 7.82. The number of fused-ring (bicyclic) bond motifs is 1. The Kier molecular flexibility index (Phi) is 4.72. The van der Waals surface area contributed by atoms with Crippen LogP contribution >= 0.6 is 0 Å². The Morgan fingerprint density at radius 2 is 2.17 bits per heavy atom. The minimum Gasteiger partial charge on any atom is -0.349 e. The number of aromatic nitrogens is 3. The standard InChI is InChI=1S/C15H21N5O3S/c1-24(22,23)19-9-3-10-20-13(12-19)4-5-14(20)15(21)16-7-11-18-8-2-6-17-18/h2,4-6,8H,3,7,9-12H2,1H3,(H,16,21). The monoisotopic (exact) mass is 351 g/mol. The van der Waals surface area contributed by atoms with Crippen molar-refractivity contribution in [2.45, 2.75) is 26.1 Å². The van der Waals surface area contributed by atoms with Crippen molar-refractivity contribution in [2.75, 3.05) is 19.3 Å². The highest BCUT2D eigenvalue weighted by molar-refractivity contribution is 7.88. The molecule has 0 bridgehead atoms. The van der Waals surface area contributed by atoms with Gasteiger partial charge in [-0.1, -0.05) is 0 Å². The Hall–Kier alpha value is -2.13. The Labute approximate surface area is 141 Å². The molecule has 2 aromatic heterocycles. The number of amides is 1. The number of carbonyl (C=O) groups is 1. The second kappa shape index (κ2) is 6.78. The van der Waals surface area contributed by atoms with Gasteiger partial charge in [0.15, 0.2) is 0 Å². The van der Waals surface area contributed by atoms with E-state index in [9.17, 15) is 13.2 Å². The van der Waals surface area contributed by atoms with Crippen molar-refractivity contribution in [1.29, 1.82) is 0 Å². The number of nitrogens with one attached hydrogen (secondary N) is 1. The fourth-order valence-corrected chi connectivity index (χ4v) is 3.69. The first-order valence-electron chi connectivity index (χ1n) is 7.84. The molecule has 24 heavy (non-hydrogen) atoms. The molecule has 0 aromatic carbocycles. The van der Waals surface area contributed by atoms with Crippen LogP contribution in [0.15, 0.2) is 30.6 Å². The van der Waals surface area contributed by atoms with Gasteiger partial charge in [-0.15, -0.1) is 0 Å². The van der Waals surface area contributed by atoms with Gasteiger partial charge in [0.1, 0.15) is 5.69 Å². The lowest BCUT2D eigenvalue weighted by Gasteiger charge is -2.16. The van der Waals surface area contributed by atoms with Gasteiger partial charge in [0.2, 0.25) is 10.0 Å². The fraction of sp³-hybridized carbons (Fsp3) is 0.467. The van der Waals surface area contributed by atoms with Crippen LogP contribution in [0.1, 0.15) is 22.6 Å². The molecule has 0 saturated carbocycles. The maximum Gasteiger partial charge on any atom is 0.267 e. The molecule has 1 amide bonds. The van der Waals surface area contributed by atoms with Gasteiger partial charge in [0.25, 0.3) is 5.91 Å². The molecule has 3 heterocycles. The number of hydrogen-bond donors (Lipinski definition) is 1. The molecule has 1 aliphatic rings. The van der Waals surface area contributed by atoms with E-state index in [2.05, 4.69) is 10.4 Å². The number of rotatable bonds is 5. The lowest BCUT2D eigenvalue weighted by molar-refractivity contribution is 0.0942. The first-order valence-corrected chi connectivity index (χ1v) is 9.69. The summed E-state index contributed by atoms with van der Waals surface area (Å²) in [5, 5.41) is 6.97. The van der Waals surface area contributed by atoms with Crippen LogP contribution in [-0.2, 0) is 29.7 Å². The van der Waals surface area contributed by atoms with E-state index in [0.29, 0.717) is 44.8 Å². The van der Waals surface area contributed by atoms with Crippen molar-refractivity contribution < 1.29 is 13.2 Å². The molecule has 0 radical (unpaired) electrons. The van der Waals surface area contributed by atoms with Gasteiger partial charge in [0, 0.05) is 37.7 Å². The Morgan fingerprint density at radius 3 is 2.88 bits per heavy atom. The van der Waals surface area contributed by atoms with Crippen LogP contribution in [-0.4, -0.2) is 52.3 Å². The van der Waals surface area contributed by atoms with E-state index in [1.54, 1.807) is 16.9 Å². The van der Waals surface area contributed by atoms with E-state index in [4.69, 9.17) is 0 Å². The minimum absolute atomic E-state index is 0.152. The number of nitrogens with zero attached hydrogens (tertiary/aromatic N) is 4. The first-order chi connectivity index (χ1) is 11.4. The molecular weight excluding hydrogens is 330 g/mol. The zero-order chi connectivity index (χ0) is 17.2. The Balaban J connectivity index is 1.67. The Bertz CT molecular complexity index is 810. The van der Waals surface area contributed by atoms with Crippen molar-refractivity contribution in [1.82, 2.24) is 24.0 Å². The zero-order valence-electron chi connectivity index (χ0n) is 13.6. The van der Waals surface area contributed by atoms with Crippen LogP contribution in [0.4, 0.5) is 0 Å². The molecule has 9 heteroatoms. The van der Waals surface area contributed by atoms with E-state index < -0.39 is 10.0 Å². The van der Waals surface area contributed by atoms with Gasteiger partial charge in [-0.2, -0.15) is 9.40 Å². The van der Waals surface area contributed by atoms with Crippen LogP contribution in [0.3, 0.4) is 0 Å². The molecule has 0 atom stereocenters. The van der Waals surface area contributed by atoms with Gasteiger partial charge in [-0.3, -0.25) is 9.48 Å². The summed E-state index contributed by atoms with van der Waals surface area (Å²) in [5.41, 5.74) is 1.41. The molecule has 0 aliphatic carbocycles. The lowest BCUT2D eigenvalue weighted by Crippen LogP contribution is -2.30. The van der Waals surface area contributed by atoms with Crippen molar-refractivity contribution >= 4 is 15.9 Å². The topological polar surface area (TPSA) is 89.2 Å². The molecule has 0 unspecified atom stereocenters. The van der Waals surface area contributed by atoms with Crippen molar-refractivity contribution in [2.24, 2.45) is 0 Å². The van der Waals surface area contributed by atoms with E-state index in [1.807, 2.05) is 22.9 Å². The molecule has 3 rings (SSSR count). The highest BCUT2D eigenvalue weighted by Gasteiger charge is 2.24. The maximum absolute atomic E-state index is 12.4. The minimum atomic E-state index is -3.23. The number of carbonyl (C=O) groups excluding carboxylic acids is 1. The Morgan fingerprint density at radius 1 is 1.33 bits per heavy atom. The largest absolute Gasteiger partial charge is 0.349 e. The molecule has 0 saturated heterocycles. The highest BCUT2D eigenvalue weighted by atomic mass is 32.2. The van der Waals surface area contributed by atoms with Crippen LogP contribution < -0.4 is 5.32 Å². The SMILES string of the molecule is CS(=O)(=O)N1CCCn2c(ccc2C(=O)NCCn2cccn2)C1. The van der Waals surface area contributed by atoms with Gasteiger partial charge >= 0.3 is 0 Å². The van der Waals surface area contributed by atoms with Crippen molar-refractivity contribution in [3.05, 3.63) is 42.0 Å². The summed E-state index contributed by atoms with van der Waals surface area (Å²) in [4.78, 5) is 12.4. The average Bonchev–Trinajstić information content (AvgIpc) is 3.11. The highest BCUT2D eigenvalue weighted by Crippen LogP contribution is 2.18. The van der Waals surface area contributed by atoms with Crippen LogP contribution in [0, 0.1) is 0 Å². The van der Waals surface area contributed by atoms with Crippen LogP contribution in [0.5, 0.6) is 0 Å². The third kappa shape index (κ3) is 3.68. The van der Waals surface area contributed by atoms with E-state index in [-0.39, 0.29) is 5.91 Å². The lowest BCUT2D eigenvalue weighted by atomic mass is 10.3. The number of sulfonamides is 1. The normalized spacial score (nSPS) is 15.7. The van der Waals surface area contributed by atoms with Crippen molar-refractivity contribution in [3.8, 4) is 0 Å². The summed E-state index contributed by atoms with van der Waals surface area (Å²) in [6.45, 7) is 2.50. The third-order valence-electron chi connectivity index (χ3n) is 4.09. The quantitative estimate of drug-likeness (QED) is 0.838. The number of hydrogen-bond acceptors (Lipinski definition) is 4. The summed E-state index contributed by atoms with van der Waals surface area (Å²) in [5.74, 6) is -0.152. The summed E-state index contributed by atoms with van der Waals surface area (Å²) >= 11 is 0. The summed E-state index contributed by atoms with van der Waals surface area (Å²) in [7, 11) is -3.23. The summed E-state index contributed by atoms with van der Waals surface area (Å²) in [6.07, 6.45) is 5.44. The van der Waals surface area contributed by atoms with Gasteiger partial charge in [0.05, 0.1) is 19.3 Å². The average molecular weight is 351 g/mol. The first kappa shape index (κ1) is 16.7. The van der Waals surface area contributed by atoms with Gasteiger partial charge in [-0.05, 0) is 24.6 Å². The van der Waals surface area contributed by atoms with Crippen LogP contribution in [0.2, 0.25) is 0 Å². The predicted molar refractivity (Wildman–Crippen MR) is 88.9 cm³/mol. The molecule has 2 aromatic rings. The third-order valence-corrected chi connectivity index (χ3v) is 5.34. The summed E-state index contributed by atoms with van der Waals surface area (Å²) < 4.78 is 28.7. The molecule has 130 valence electrons. The molecule has 8 nitrogen and oxygen atoms in total. The smallest absolute Gasteiger partial charge is 0.267 e. The van der Waals surface area contributed by atoms with Crippen LogP contribution in [0.25, 0.3) is 0 Å². The van der Waals surface area contributed by atoms with E-state index >= 15 is 0 Å². The second-order valence-electron chi connectivity index (χ2n) is 5.84. The van der Waals surface area contributed by atoms with E-state index in [1.165, 1.54) is 10.6 Å². The molecule has 1 N–H and O–H groups in total. The molecule has 1 aliphatic heterocycles. The fourth-order valence-electron chi connectivity index (χ4n) is 2.87. The van der Waals surface area contributed by atoms with Crippen molar-refractivity contribution in [3.63, 3.8) is 0 Å². The van der Waals surface area contributed by atoms with Gasteiger partial charge < -0.3 is 9.88 Å².